The van der Waals surface area contributed by atoms with E-state index >= 15 is 0 Å². The molecule has 0 bridgehead atoms. The number of hydrogen-bond acceptors (Lipinski definition) is 5. The summed E-state index contributed by atoms with van der Waals surface area (Å²) in [6.45, 7) is 0.737. The molecule has 0 radical (unpaired) electrons. The van der Waals surface area contributed by atoms with Crippen LogP contribution in [0.25, 0.3) is 0 Å². The lowest BCUT2D eigenvalue weighted by Crippen LogP contribution is -2.22. The van der Waals surface area contributed by atoms with Gasteiger partial charge in [0.05, 0.1) is 0 Å². The maximum atomic E-state index is 13.4. The molecule has 29 heavy (non-hydrogen) atoms. The van der Waals surface area contributed by atoms with Crippen molar-refractivity contribution in [3.8, 4) is 17.4 Å². The molecule has 2 aromatic carbocycles. The lowest BCUT2D eigenvalue weighted by Gasteiger charge is -2.12. The van der Waals surface area contributed by atoms with E-state index in [0.29, 0.717) is 18.0 Å². The number of hydrogen-bond donors (Lipinski definition) is 0. The fourth-order valence-corrected chi connectivity index (χ4v) is 3.10. The van der Waals surface area contributed by atoms with Crippen molar-refractivity contribution in [2.24, 2.45) is 0 Å². The van der Waals surface area contributed by atoms with E-state index in [-0.39, 0.29) is 23.7 Å². The molecule has 0 spiro atoms. The number of aromatic nitrogens is 2. The van der Waals surface area contributed by atoms with E-state index in [9.17, 15) is 13.6 Å². The van der Waals surface area contributed by atoms with E-state index < -0.39 is 12.5 Å². The van der Waals surface area contributed by atoms with Crippen LogP contribution in [0.4, 0.5) is 14.6 Å². The molecular formula is C21H19F2N3O3. The Labute approximate surface area is 165 Å². The third-order valence-electron chi connectivity index (χ3n) is 4.72. The molecule has 0 amide bonds. The first-order valence-corrected chi connectivity index (χ1v) is 9.10. The first kappa shape index (κ1) is 18.9. The van der Waals surface area contributed by atoms with Crippen molar-refractivity contribution in [2.45, 2.75) is 19.8 Å². The summed E-state index contributed by atoms with van der Waals surface area (Å²) < 4.78 is 39.1. The van der Waals surface area contributed by atoms with Crippen molar-refractivity contribution in [2.75, 3.05) is 18.5 Å². The zero-order valence-corrected chi connectivity index (χ0v) is 15.8. The van der Waals surface area contributed by atoms with Gasteiger partial charge in [0.15, 0.2) is 0 Å². The first-order chi connectivity index (χ1) is 14.0. The van der Waals surface area contributed by atoms with Gasteiger partial charge in [0.2, 0.25) is 5.88 Å². The van der Waals surface area contributed by atoms with Gasteiger partial charge in [-0.05, 0) is 35.9 Å². The van der Waals surface area contributed by atoms with Crippen LogP contribution in [0.15, 0.2) is 53.3 Å². The Kier molecular flexibility index (Phi) is 5.16. The Morgan fingerprint density at radius 1 is 1.07 bits per heavy atom. The second kappa shape index (κ2) is 7.90. The Morgan fingerprint density at radius 2 is 1.83 bits per heavy atom. The molecule has 0 saturated heterocycles. The van der Waals surface area contributed by atoms with Gasteiger partial charge in [0, 0.05) is 31.8 Å². The summed E-state index contributed by atoms with van der Waals surface area (Å²) in [4.78, 5) is 18.0. The van der Waals surface area contributed by atoms with Gasteiger partial charge in [-0.2, -0.15) is 4.98 Å². The van der Waals surface area contributed by atoms with Gasteiger partial charge >= 0.3 is 5.69 Å². The molecule has 4 rings (SSSR count). The fourth-order valence-electron chi connectivity index (χ4n) is 3.10. The average Bonchev–Trinajstić information content (AvgIpc) is 3.10. The van der Waals surface area contributed by atoms with E-state index in [4.69, 9.17) is 9.47 Å². The fraction of sp³-hybridized carbons (Fsp3) is 0.238. The predicted octanol–water partition coefficient (Wildman–Crippen LogP) is 3.67. The van der Waals surface area contributed by atoms with Crippen LogP contribution in [0.2, 0.25) is 0 Å². The van der Waals surface area contributed by atoms with Gasteiger partial charge in [0.25, 0.3) is 0 Å². The number of rotatable bonds is 6. The standard InChI is InChI=1S/C21H19F2N3O3/c1-25-8-9-26-20(25)11-19(24-21(26)27)28-13-14-2-4-16(5-3-14)29-17-6-7-18(23)15(10-17)12-22/h2-7,10-11H,8-9,12-13H2,1H3. The van der Waals surface area contributed by atoms with Gasteiger partial charge in [-0.25, -0.2) is 13.6 Å². The summed E-state index contributed by atoms with van der Waals surface area (Å²) >= 11 is 0. The van der Waals surface area contributed by atoms with Crippen LogP contribution in [-0.2, 0) is 19.8 Å². The quantitative estimate of drug-likeness (QED) is 0.633. The van der Waals surface area contributed by atoms with E-state index in [2.05, 4.69) is 4.98 Å². The highest BCUT2D eigenvalue weighted by molar-refractivity contribution is 5.44. The number of nitrogens with zero attached hydrogens (tertiary/aromatic N) is 3. The molecule has 0 fully saturated rings. The largest absolute Gasteiger partial charge is 0.473 e. The van der Waals surface area contributed by atoms with Crippen molar-refractivity contribution >= 4 is 5.82 Å². The van der Waals surface area contributed by atoms with Gasteiger partial charge in [-0.15, -0.1) is 0 Å². The molecule has 0 aliphatic carbocycles. The molecular weight excluding hydrogens is 380 g/mol. The highest BCUT2D eigenvalue weighted by Gasteiger charge is 2.18. The average molecular weight is 399 g/mol. The lowest BCUT2D eigenvalue weighted by molar-refractivity contribution is 0.291. The second-order valence-corrected chi connectivity index (χ2v) is 6.73. The Bertz CT molecular complexity index is 1080. The van der Waals surface area contributed by atoms with Crippen LogP contribution < -0.4 is 20.1 Å². The Hall–Kier alpha value is -3.42. The van der Waals surface area contributed by atoms with Crippen LogP contribution in [0, 0.1) is 5.82 Å². The van der Waals surface area contributed by atoms with Crippen LogP contribution in [0.3, 0.4) is 0 Å². The number of anilines is 1. The van der Waals surface area contributed by atoms with Crippen molar-refractivity contribution in [3.63, 3.8) is 0 Å². The molecule has 8 heteroatoms. The minimum absolute atomic E-state index is 0.0454. The maximum Gasteiger partial charge on any atom is 0.352 e. The molecule has 0 saturated carbocycles. The number of benzene rings is 2. The van der Waals surface area contributed by atoms with Crippen molar-refractivity contribution in [1.82, 2.24) is 9.55 Å². The second-order valence-electron chi connectivity index (χ2n) is 6.73. The Balaban J connectivity index is 1.41. The third kappa shape index (κ3) is 4.06. The normalized spacial score (nSPS) is 12.7. The van der Waals surface area contributed by atoms with E-state index in [0.717, 1.165) is 17.9 Å². The highest BCUT2D eigenvalue weighted by Crippen LogP contribution is 2.25. The van der Waals surface area contributed by atoms with Gasteiger partial charge < -0.3 is 14.4 Å². The molecule has 0 N–H and O–H groups in total. The summed E-state index contributed by atoms with van der Waals surface area (Å²) in [6, 6.07) is 12.8. The predicted molar refractivity (Wildman–Crippen MR) is 104 cm³/mol. The monoisotopic (exact) mass is 399 g/mol. The summed E-state index contributed by atoms with van der Waals surface area (Å²) in [5.41, 5.74) is 0.491. The molecule has 0 unspecified atom stereocenters. The number of alkyl halides is 1. The van der Waals surface area contributed by atoms with Crippen molar-refractivity contribution in [3.05, 3.63) is 76.0 Å². The van der Waals surface area contributed by atoms with Crippen molar-refractivity contribution in [1.29, 1.82) is 0 Å². The highest BCUT2D eigenvalue weighted by atomic mass is 19.1. The molecule has 3 aromatic rings. The summed E-state index contributed by atoms with van der Waals surface area (Å²) in [6.07, 6.45) is 0. The lowest BCUT2D eigenvalue weighted by atomic mass is 10.2. The van der Waals surface area contributed by atoms with Gasteiger partial charge in [-0.3, -0.25) is 4.57 Å². The maximum absolute atomic E-state index is 13.4. The Morgan fingerprint density at radius 3 is 2.59 bits per heavy atom. The molecule has 1 aromatic heterocycles. The number of likely N-dealkylation sites (N-methyl/N-ethyl adjacent to an activating group) is 1. The molecule has 6 nitrogen and oxygen atoms in total. The molecule has 1 aliphatic rings. The van der Waals surface area contributed by atoms with Crippen molar-refractivity contribution < 1.29 is 18.3 Å². The van der Waals surface area contributed by atoms with E-state index in [1.54, 1.807) is 34.9 Å². The number of halogens is 2. The minimum atomic E-state index is -0.893. The first-order valence-electron chi connectivity index (χ1n) is 9.10. The minimum Gasteiger partial charge on any atom is -0.473 e. The summed E-state index contributed by atoms with van der Waals surface area (Å²) in [5, 5.41) is 0. The number of fused-ring (bicyclic) bond motifs is 1. The SMILES string of the molecule is CN1CCn2c1cc(OCc1ccc(Oc3ccc(F)c(CF)c3)cc1)nc2=O. The molecule has 1 aliphatic heterocycles. The zero-order valence-electron chi connectivity index (χ0n) is 15.8. The third-order valence-corrected chi connectivity index (χ3v) is 4.72. The topological polar surface area (TPSA) is 56.6 Å². The van der Waals surface area contributed by atoms with Crippen LogP contribution in [0.5, 0.6) is 17.4 Å². The van der Waals surface area contributed by atoms with Crippen LogP contribution >= 0.6 is 0 Å². The van der Waals surface area contributed by atoms with E-state index in [1.165, 1.54) is 18.2 Å². The summed E-state index contributed by atoms with van der Waals surface area (Å²) in [5.74, 6) is 1.35. The number of ether oxygens (including phenoxy) is 2. The molecule has 150 valence electrons. The van der Waals surface area contributed by atoms with E-state index in [1.807, 2.05) is 11.9 Å². The molecule has 0 atom stereocenters. The summed E-state index contributed by atoms with van der Waals surface area (Å²) in [7, 11) is 1.92. The van der Waals surface area contributed by atoms with Crippen LogP contribution in [-0.4, -0.2) is 23.1 Å². The van der Waals surface area contributed by atoms with Gasteiger partial charge in [-0.1, -0.05) is 12.1 Å². The smallest absolute Gasteiger partial charge is 0.352 e. The van der Waals surface area contributed by atoms with Crippen LogP contribution in [0.1, 0.15) is 11.1 Å². The van der Waals surface area contributed by atoms with Gasteiger partial charge in [0.1, 0.15) is 36.4 Å². The molecule has 2 heterocycles. The zero-order chi connectivity index (χ0) is 20.4.